The summed E-state index contributed by atoms with van der Waals surface area (Å²) in [6, 6.07) is 6.69. The zero-order valence-corrected chi connectivity index (χ0v) is 20.2. The molecule has 3 rings (SSSR count). The Balaban J connectivity index is 1.75. The van der Waals surface area contributed by atoms with E-state index >= 15 is 0 Å². The number of fused-ring (bicyclic) bond motifs is 1. The summed E-state index contributed by atoms with van der Waals surface area (Å²) in [5.41, 5.74) is 6.44. The van der Waals surface area contributed by atoms with Gasteiger partial charge >= 0.3 is 5.97 Å². The van der Waals surface area contributed by atoms with Crippen LogP contribution >= 0.6 is 7.44 Å². The van der Waals surface area contributed by atoms with Crippen LogP contribution in [-0.2, 0) is 20.6 Å². The molecule has 0 saturated heterocycles. The molecule has 0 aliphatic rings. The van der Waals surface area contributed by atoms with Gasteiger partial charge in [0.1, 0.15) is 23.7 Å². The van der Waals surface area contributed by atoms with Gasteiger partial charge in [-0.15, -0.1) is 0 Å². The fraction of sp³-hybridized carbons (Fsp3) is 0.381. The van der Waals surface area contributed by atoms with Crippen molar-refractivity contribution in [1.82, 2.24) is 29.7 Å². The van der Waals surface area contributed by atoms with Gasteiger partial charge in [0.15, 0.2) is 11.5 Å². The lowest BCUT2D eigenvalue weighted by molar-refractivity contribution is -0.142. The fourth-order valence-corrected chi connectivity index (χ4v) is 5.22. The molecule has 0 saturated carbocycles. The molecule has 0 spiro atoms. The molecular weight excluding hydrogens is 461 g/mol. The molecule has 13 heteroatoms. The molecule has 182 valence electrons. The molecule has 0 radical (unpaired) electrons. The standard InChI is InChI=1S/C21H28N7O5P/c1-13-5-7-15(8-6-13)19(29)26-34(32,27-21(3,4)20(30)31)12-33-14(2)9-28-11-25-16-17(22)23-10-24-18(16)28/h5-8,10-11,14H,9,12H2,1-4H3,(H,30,31)(H2,22,23,24)(H2,26,27,29,32). The number of nitrogens with zero attached hydrogens (tertiary/aromatic N) is 4. The number of carbonyl (C=O) groups is 2. The number of nitrogen functional groups attached to an aromatic ring is 1. The van der Waals surface area contributed by atoms with Crippen molar-refractivity contribution in [2.24, 2.45) is 0 Å². The lowest BCUT2D eigenvalue weighted by Crippen LogP contribution is -2.48. The molecule has 0 bridgehead atoms. The van der Waals surface area contributed by atoms with Gasteiger partial charge in [0.05, 0.1) is 19.0 Å². The van der Waals surface area contributed by atoms with Gasteiger partial charge in [-0.1, -0.05) is 17.7 Å². The van der Waals surface area contributed by atoms with Crippen molar-refractivity contribution >= 4 is 36.3 Å². The summed E-state index contributed by atoms with van der Waals surface area (Å²) in [6.07, 6.45) is 1.94. The lowest BCUT2D eigenvalue weighted by atomic mass is 10.1. The number of ether oxygens (including phenoxy) is 1. The third kappa shape index (κ3) is 5.96. The number of benzene rings is 1. The SMILES string of the molecule is Cc1ccc(C(=O)NP(=O)(COC(C)Cn2cnc3c(N)ncnc32)NC(C)(C)C(=O)O)cc1. The molecule has 2 atom stereocenters. The summed E-state index contributed by atoms with van der Waals surface area (Å²) in [4.78, 5) is 36.6. The fourth-order valence-electron chi connectivity index (χ4n) is 3.12. The topological polar surface area (TPSA) is 174 Å². The molecule has 34 heavy (non-hydrogen) atoms. The Kier molecular flexibility index (Phi) is 7.35. The van der Waals surface area contributed by atoms with E-state index in [-0.39, 0.29) is 11.4 Å². The van der Waals surface area contributed by atoms with Crippen LogP contribution in [0.25, 0.3) is 11.2 Å². The molecular formula is C21H28N7O5P. The number of imidazole rings is 1. The van der Waals surface area contributed by atoms with Gasteiger partial charge in [0.2, 0.25) is 0 Å². The van der Waals surface area contributed by atoms with Crippen molar-refractivity contribution in [2.75, 3.05) is 12.1 Å². The number of amides is 1. The third-order valence-electron chi connectivity index (χ3n) is 5.01. The van der Waals surface area contributed by atoms with Crippen LogP contribution in [-0.4, -0.2) is 54.5 Å². The minimum atomic E-state index is -3.85. The predicted octanol–water partition coefficient (Wildman–Crippen LogP) is 2.16. The van der Waals surface area contributed by atoms with E-state index in [0.29, 0.717) is 17.7 Å². The van der Waals surface area contributed by atoms with Crippen molar-refractivity contribution in [3.05, 3.63) is 48.0 Å². The zero-order chi connectivity index (χ0) is 25.1. The molecule has 1 aromatic carbocycles. The minimum absolute atomic E-state index is 0.251. The first-order chi connectivity index (χ1) is 15.9. The summed E-state index contributed by atoms with van der Waals surface area (Å²) >= 11 is 0. The number of aliphatic carboxylic acids is 1. The van der Waals surface area contributed by atoms with E-state index in [2.05, 4.69) is 25.1 Å². The van der Waals surface area contributed by atoms with Crippen molar-refractivity contribution in [1.29, 1.82) is 0 Å². The van der Waals surface area contributed by atoms with Crippen molar-refractivity contribution in [2.45, 2.75) is 45.9 Å². The van der Waals surface area contributed by atoms with Crippen LogP contribution < -0.4 is 15.9 Å². The number of aromatic nitrogens is 4. The minimum Gasteiger partial charge on any atom is -0.480 e. The first-order valence-corrected chi connectivity index (χ1v) is 12.3. The highest BCUT2D eigenvalue weighted by Crippen LogP contribution is 2.39. The van der Waals surface area contributed by atoms with Gasteiger partial charge in [-0.25, -0.2) is 20.0 Å². The molecule has 0 aliphatic heterocycles. The Morgan fingerprint density at radius 3 is 2.56 bits per heavy atom. The molecule has 0 aliphatic carbocycles. The van der Waals surface area contributed by atoms with Gasteiger partial charge in [0, 0.05) is 5.56 Å². The summed E-state index contributed by atoms with van der Waals surface area (Å²) < 4.78 is 21.2. The first-order valence-electron chi connectivity index (χ1n) is 10.4. The molecule has 12 nitrogen and oxygen atoms in total. The van der Waals surface area contributed by atoms with E-state index in [4.69, 9.17) is 10.5 Å². The molecule has 5 N–H and O–H groups in total. The van der Waals surface area contributed by atoms with E-state index in [1.54, 1.807) is 42.1 Å². The van der Waals surface area contributed by atoms with Crippen molar-refractivity contribution in [3.63, 3.8) is 0 Å². The van der Waals surface area contributed by atoms with E-state index in [1.165, 1.54) is 20.2 Å². The van der Waals surface area contributed by atoms with Crippen molar-refractivity contribution in [3.8, 4) is 0 Å². The highest BCUT2D eigenvalue weighted by atomic mass is 31.2. The second kappa shape index (κ2) is 9.88. The van der Waals surface area contributed by atoms with E-state index in [9.17, 15) is 19.3 Å². The molecule has 2 heterocycles. The molecule has 1 amide bonds. The van der Waals surface area contributed by atoms with Crippen LogP contribution in [0.2, 0.25) is 0 Å². The Morgan fingerprint density at radius 1 is 1.24 bits per heavy atom. The summed E-state index contributed by atoms with van der Waals surface area (Å²) in [5.74, 6) is -1.59. The monoisotopic (exact) mass is 489 g/mol. The summed E-state index contributed by atoms with van der Waals surface area (Å²) in [5, 5.41) is 14.5. The average Bonchev–Trinajstić information content (AvgIpc) is 3.16. The van der Waals surface area contributed by atoms with Crippen LogP contribution in [0, 0.1) is 6.92 Å². The summed E-state index contributed by atoms with van der Waals surface area (Å²) in [7, 11) is -3.85. The van der Waals surface area contributed by atoms with Gasteiger partial charge in [-0.3, -0.25) is 19.2 Å². The highest BCUT2D eigenvalue weighted by molar-refractivity contribution is 7.60. The highest BCUT2D eigenvalue weighted by Gasteiger charge is 2.37. The number of carboxylic acids is 1. The van der Waals surface area contributed by atoms with Gasteiger partial charge in [-0.05, 0) is 39.8 Å². The Morgan fingerprint density at radius 2 is 1.91 bits per heavy atom. The van der Waals surface area contributed by atoms with Gasteiger partial charge in [0.25, 0.3) is 13.4 Å². The third-order valence-corrected chi connectivity index (χ3v) is 7.01. The molecule has 3 aromatic rings. The number of aryl methyl sites for hydroxylation is 1. The quantitative estimate of drug-likeness (QED) is 0.309. The van der Waals surface area contributed by atoms with Crippen LogP contribution in [0.1, 0.15) is 36.7 Å². The maximum Gasteiger partial charge on any atom is 0.323 e. The van der Waals surface area contributed by atoms with E-state index < -0.39 is 37.3 Å². The molecule has 2 aromatic heterocycles. The molecule has 2 unspecified atom stereocenters. The van der Waals surface area contributed by atoms with E-state index in [0.717, 1.165) is 5.56 Å². The zero-order valence-electron chi connectivity index (χ0n) is 19.3. The first kappa shape index (κ1) is 25.3. The number of hydrogen-bond acceptors (Lipinski definition) is 8. The largest absolute Gasteiger partial charge is 0.480 e. The average molecular weight is 489 g/mol. The lowest BCUT2D eigenvalue weighted by Gasteiger charge is -2.29. The Hall–Kier alpha value is -3.34. The number of nitrogens with one attached hydrogen (secondary N) is 2. The van der Waals surface area contributed by atoms with Gasteiger partial charge in [-0.2, -0.15) is 0 Å². The number of carbonyl (C=O) groups excluding carboxylic acids is 1. The Bertz CT molecular complexity index is 1240. The number of rotatable bonds is 10. The maximum atomic E-state index is 13.7. The van der Waals surface area contributed by atoms with Crippen molar-refractivity contribution < 1.29 is 24.0 Å². The van der Waals surface area contributed by atoms with Crippen LogP contribution in [0.15, 0.2) is 36.9 Å². The Labute approximate surface area is 196 Å². The van der Waals surface area contributed by atoms with Gasteiger partial charge < -0.3 is 20.1 Å². The normalized spacial score (nSPS) is 14.5. The number of carboxylic acid groups (broad SMARTS) is 1. The summed E-state index contributed by atoms with van der Waals surface area (Å²) in [6.45, 7) is 6.62. The second-order valence-corrected chi connectivity index (χ2v) is 10.7. The number of nitrogens with two attached hydrogens (primary N) is 1. The molecule has 0 fully saturated rings. The van der Waals surface area contributed by atoms with Crippen LogP contribution in [0.4, 0.5) is 5.82 Å². The smallest absolute Gasteiger partial charge is 0.323 e. The predicted molar refractivity (Wildman–Crippen MR) is 126 cm³/mol. The van der Waals surface area contributed by atoms with Crippen LogP contribution in [0.3, 0.4) is 0 Å². The maximum absolute atomic E-state index is 13.7. The van der Waals surface area contributed by atoms with E-state index in [1.807, 2.05) is 6.92 Å². The second-order valence-electron chi connectivity index (χ2n) is 8.52. The number of hydrogen-bond donors (Lipinski definition) is 4. The number of anilines is 1. The van der Waals surface area contributed by atoms with Crippen LogP contribution in [0.5, 0.6) is 0 Å².